The molecule has 9 heteroatoms. The molecule has 0 radical (unpaired) electrons. The highest BCUT2D eigenvalue weighted by molar-refractivity contribution is 5.96. The number of carbonyl (C=O) groups excluding carboxylic acids is 2. The number of carbonyl (C=O) groups is 2. The predicted octanol–water partition coefficient (Wildman–Crippen LogP) is 2.31. The summed E-state index contributed by atoms with van der Waals surface area (Å²) in [5.74, 6) is -0.109. The average Bonchev–Trinajstić information content (AvgIpc) is 3.27. The quantitative estimate of drug-likeness (QED) is 0.538. The molecule has 2 heterocycles. The van der Waals surface area contributed by atoms with Crippen LogP contribution in [0, 0.1) is 10.1 Å². The Morgan fingerprint density at radius 3 is 2.47 bits per heavy atom. The molecular formula is C25H31N5O4. The Balaban J connectivity index is 1.46. The maximum absolute atomic E-state index is 13.0. The van der Waals surface area contributed by atoms with E-state index < -0.39 is 4.92 Å². The molecule has 2 aliphatic rings. The van der Waals surface area contributed by atoms with Gasteiger partial charge >= 0.3 is 0 Å². The smallest absolute Gasteiger partial charge is 0.293 e. The van der Waals surface area contributed by atoms with Crippen molar-refractivity contribution in [3.8, 4) is 0 Å². The minimum absolute atomic E-state index is 0.0652. The van der Waals surface area contributed by atoms with E-state index >= 15 is 0 Å². The van der Waals surface area contributed by atoms with E-state index in [1.807, 2.05) is 40.1 Å². The molecule has 2 aromatic carbocycles. The van der Waals surface area contributed by atoms with Crippen LogP contribution in [-0.2, 0) is 11.2 Å². The maximum atomic E-state index is 13.0. The van der Waals surface area contributed by atoms with Crippen molar-refractivity contribution in [3.05, 3.63) is 69.8 Å². The third-order valence-electron chi connectivity index (χ3n) is 6.43. The van der Waals surface area contributed by atoms with Crippen LogP contribution in [0.25, 0.3) is 0 Å². The van der Waals surface area contributed by atoms with E-state index in [-0.39, 0.29) is 17.5 Å². The lowest BCUT2D eigenvalue weighted by Gasteiger charge is -2.24. The number of nitrogens with one attached hydrogen (secondary N) is 1. The number of anilines is 1. The second-order valence-electron chi connectivity index (χ2n) is 8.74. The van der Waals surface area contributed by atoms with Gasteiger partial charge in [-0.05, 0) is 37.1 Å². The van der Waals surface area contributed by atoms with Crippen LogP contribution < -0.4 is 10.2 Å². The van der Waals surface area contributed by atoms with E-state index in [1.54, 1.807) is 17.0 Å². The number of hydrogen-bond donors (Lipinski definition) is 1. The van der Waals surface area contributed by atoms with Crippen molar-refractivity contribution in [2.75, 3.05) is 57.3 Å². The number of hydrogen-bond acceptors (Lipinski definition) is 6. The Morgan fingerprint density at radius 1 is 0.882 bits per heavy atom. The largest absolute Gasteiger partial charge is 0.364 e. The number of amides is 2. The highest BCUT2D eigenvalue weighted by Crippen LogP contribution is 2.30. The summed E-state index contributed by atoms with van der Waals surface area (Å²) >= 11 is 0. The molecule has 2 saturated heterocycles. The minimum Gasteiger partial charge on any atom is -0.364 e. The van der Waals surface area contributed by atoms with Gasteiger partial charge in [0, 0.05) is 57.4 Å². The zero-order valence-corrected chi connectivity index (χ0v) is 19.3. The third-order valence-corrected chi connectivity index (χ3v) is 6.43. The summed E-state index contributed by atoms with van der Waals surface area (Å²) in [5, 5.41) is 15.2. The molecular weight excluding hydrogens is 434 g/mol. The van der Waals surface area contributed by atoms with Crippen LogP contribution in [0.1, 0.15) is 28.8 Å². The lowest BCUT2D eigenvalue weighted by Crippen LogP contribution is -2.36. The molecule has 2 amide bonds. The van der Waals surface area contributed by atoms with Gasteiger partial charge in [-0.15, -0.1) is 0 Å². The molecule has 0 aromatic heterocycles. The van der Waals surface area contributed by atoms with Gasteiger partial charge in [-0.3, -0.25) is 19.7 Å². The van der Waals surface area contributed by atoms with Crippen LogP contribution in [-0.4, -0.2) is 78.9 Å². The van der Waals surface area contributed by atoms with Gasteiger partial charge in [0.15, 0.2) is 0 Å². The Morgan fingerprint density at radius 2 is 1.68 bits per heavy atom. The molecule has 0 unspecified atom stereocenters. The normalized spacial score (nSPS) is 17.1. The second-order valence-corrected chi connectivity index (χ2v) is 8.74. The van der Waals surface area contributed by atoms with Gasteiger partial charge in [0.05, 0.1) is 11.3 Å². The van der Waals surface area contributed by atoms with Crippen LogP contribution in [0.4, 0.5) is 11.4 Å². The number of nitro groups is 1. The van der Waals surface area contributed by atoms with Crippen molar-refractivity contribution in [3.63, 3.8) is 0 Å². The topological polar surface area (TPSA) is 99.0 Å². The van der Waals surface area contributed by atoms with Gasteiger partial charge in [-0.2, -0.15) is 0 Å². The van der Waals surface area contributed by atoms with Crippen molar-refractivity contribution in [1.82, 2.24) is 15.1 Å². The van der Waals surface area contributed by atoms with Crippen LogP contribution in [0.15, 0.2) is 48.5 Å². The summed E-state index contributed by atoms with van der Waals surface area (Å²) in [6.45, 7) is 5.06. The maximum Gasteiger partial charge on any atom is 0.293 e. The molecule has 1 N–H and O–H groups in total. The number of nitro benzene ring substituents is 1. The molecule has 4 rings (SSSR count). The molecule has 2 aliphatic heterocycles. The van der Waals surface area contributed by atoms with Crippen molar-refractivity contribution in [1.29, 1.82) is 0 Å². The average molecular weight is 466 g/mol. The van der Waals surface area contributed by atoms with Gasteiger partial charge in [0.25, 0.3) is 11.6 Å². The predicted molar refractivity (Wildman–Crippen MR) is 130 cm³/mol. The summed E-state index contributed by atoms with van der Waals surface area (Å²) in [6, 6.07) is 14.4. The highest BCUT2D eigenvalue weighted by Gasteiger charge is 2.26. The minimum atomic E-state index is -0.417. The van der Waals surface area contributed by atoms with Crippen LogP contribution in [0.3, 0.4) is 0 Å². The molecule has 0 saturated carbocycles. The standard InChI is InChI=1S/C25H31N5O4/c31-24(18-20-6-2-1-3-7-20)28-14-5-13-27(16-17-28)22-9-8-21(19-23(22)30(33)34)25(32)29-12-4-10-26-11-15-29/h1-3,6-9,19,26H,4-5,10-18H2. The van der Waals surface area contributed by atoms with E-state index in [0.29, 0.717) is 56.9 Å². The summed E-state index contributed by atoms with van der Waals surface area (Å²) in [6.07, 6.45) is 1.93. The van der Waals surface area contributed by atoms with E-state index in [1.165, 1.54) is 6.07 Å². The molecule has 0 spiro atoms. The van der Waals surface area contributed by atoms with E-state index in [4.69, 9.17) is 0 Å². The first kappa shape index (κ1) is 23.7. The molecule has 9 nitrogen and oxygen atoms in total. The van der Waals surface area contributed by atoms with E-state index in [2.05, 4.69) is 5.32 Å². The monoisotopic (exact) mass is 465 g/mol. The SMILES string of the molecule is O=C(Cc1ccccc1)N1CCCN(c2ccc(C(=O)N3CCCNCC3)cc2[N+](=O)[O-])CC1. The second kappa shape index (κ2) is 11.1. The first-order chi connectivity index (χ1) is 16.5. The fourth-order valence-corrected chi connectivity index (χ4v) is 4.59. The first-order valence-corrected chi connectivity index (χ1v) is 11.9. The number of rotatable bonds is 5. The van der Waals surface area contributed by atoms with Crippen LogP contribution >= 0.6 is 0 Å². The van der Waals surface area contributed by atoms with E-state index in [9.17, 15) is 19.7 Å². The van der Waals surface area contributed by atoms with E-state index in [0.717, 1.165) is 31.5 Å². The van der Waals surface area contributed by atoms with Crippen molar-refractivity contribution in [2.45, 2.75) is 19.3 Å². The summed E-state index contributed by atoms with van der Waals surface area (Å²) < 4.78 is 0. The summed E-state index contributed by atoms with van der Waals surface area (Å²) in [7, 11) is 0. The Kier molecular flexibility index (Phi) is 7.74. The summed E-state index contributed by atoms with van der Waals surface area (Å²) in [4.78, 5) is 42.8. The molecule has 34 heavy (non-hydrogen) atoms. The van der Waals surface area contributed by atoms with Crippen LogP contribution in [0.2, 0.25) is 0 Å². The zero-order chi connectivity index (χ0) is 23.9. The Hall–Kier alpha value is -3.46. The fraction of sp³-hybridized carbons (Fsp3) is 0.440. The van der Waals surface area contributed by atoms with Crippen molar-refractivity contribution in [2.24, 2.45) is 0 Å². The Labute approximate surface area is 199 Å². The molecule has 0 bridgehead atoms. The number of nitrogens with zero attached hydrogens (tertiary/aromatic N) is 4. The first-order valence-electron chi connectivity index (χ1n) is 11.9. The Bertz CT molecular complexity index is 1020. The molecule has 0 aliphatic carbocycles. The van der Waals surface area contributed by atoms with Gasteiger partial charge in [-0.25, -0.2) is 0 Å². The van der Waals surface area contributed by atoms with Gasteiger partial charge in [-0.1, -0.05) is 30.3 Å². The number of benzene rings is 2. The molecule has 2 fully saturated rings. The fourth-order valence-electron chi connectivity index (χ4n) is 4.59. The molecule has 180 valence electrons. The van der Waals surface area contributed by atoms with Gasteiger partial charge < -0.3 is 20.0 Å². The van der Waals surface area contributed by atoms with Crippen LogP contribution in [0.5, 0.6) is 0 Å². The lowest BCUT2D eigenvalue weighted by molar-refractivity contribution is -0.384. The van der Waals surface area contributed by atoms with Crippen molar-refractivity contribution < 1.29 is 14.5 Å². The van der Waals surface area contributed by atoms with Gasteiger partial charge in [0.2, 0.25) is 5.91 Å². The van der Waals surface area contributed by atoms with Gasteiger partial charge in [0.1, 0.15) is 5.69 Å². The third kappa shape index (κ3) is 5.72. The lowest BCUT2D eigenvalue weighted by atomic mass is 10.1. The highest BCUT2D eigenvalue weighted by atomic mass is 16.6. The van der Waals surface area contributed by atoms with Crippen molar-refractivity contribution >= 4 is 23.2 Å². The summed E-state index contributed by atoms with van der Waals surface area (Å²) in [5.41, 5.74) is 1.75. The molecule has 2 aromatic rings. The zero-order valence-electron chi connectivity index (χ0n) is 19.3. The molecule has 0 atom stereocenters.